The molecule has 0 saturated heterocycles. The number of hydrogen-bond acceptors (Lipinski definition) is 3. The molecule has 6 heteroatoms. The Morgan fingerprint density at radius 2 is 1.96 bits per heavy atom. The van der Waals surface area contributed by atoms with Crippen LogP contribution in [0.1, 0.15) is 11.4 Å². The van der Waals surface area contributed by atoms with E-state index in [4.69, 9.17) is 4.74 Å². The normalized spacial score (nSPS) is 12.8. The number of ether oxygens (including phenoxy) is 1. The molecular weight excluding hydrogens is 367 g/mol. The second-order valence-corrected chi connectivity index (χ2v) is 7.74. The summed E-state index contributed by atoms with van der Waals surface area (Å²) in [5.41, 5.74) is 8.53. The molecule has 0 saturated carbocycles. The Morgan fingerprint density at radius 1 is 1.04 bits per heavy atom. The van der Waals surface area contributed by atoms with Gasteiger partial charge in [-0.2, -0.15) is 0 Å². The van der Waals surface area contributed by atoms with Gasteiger partial charge in [-0.25, -0.2) is 9.97 Å². The maximum atomic E-state index is 6.14. The summed E-state index contributed by atoms with van der Waals surface area (Å²) in [7, 11) is 2.63. The molecular formula is C22H17N4OP. The van der Waals surface area contributed by atoms with Crippen molar-refractivity contribution < 1.29 is 4.74 Å². The van der Waals surface area contributed by atoms with Crippen LogP contribution in [0.2, 0.25) is 0 Å². The standard InChI is InChI=1S/C22H17N4OP/c1-11-23-9-19(24-11)13-2-4-15-14(6-13)10-27-20-8-16-12(7-17(15)20)3-5-18-21(16)26-22(28)25-18/h2-9H,10,28H2,1H3,(H,23,24)(H,25,26). The lowest BCUT2D eigenvalue weighted by Gasteiger charge is -2.22. The van der Waals surface area contributed by atoms with Crippen LogP contribution in [-0.4, -0.2) is 19.9 Å². The highest BCUT2D eigenvalue weighted by Gasteiger charge is 2.20. The van der Waals surface area contributed by atoms with Crippen LogP contribution in [0.15, 0.2) is 48.7 Å². The lowest BCUT2D eigenvalue weighted by Crippen LogP contribution is -2.05. The number of nitrogens with one attached hydrogen (secondary N) is 2. The molecule has 2 N–H and O–H groups in total. The SMILES string of the molecule is Cc1ncc(-c2ccc3c(c2)COc2cc4c(ccc5[nH]c(P)nc54)cc2-3)[nH]1. The number of imidazole rings is 2. The lowest BCUT2D eigenvalue weighted by molar-refractivity contribution is 0.303. The molecule has 0 radical (unpaired) electrons. The molecule has 0 spiro atoms. The van der Waals surface area contributed by atoms with Gasteiger partial charge >= 0.3 is 0 Å². The molecule has 2 aromatic heterocycles. The number of fused-ring (bicyclic) bond motifs is 6. The minimum Gasteiger partial charge on any atom is -0.488 e. The average molecular weight is 384 g/mol. The highest BCUT2D eigenvalue weighted by molar-refractivity contribution is 7.26. The number of rotatable bonds is 1. The van der Waals surface area contributed by atoms with Crippen LogP contribution >= 0.6 is 9.24 Å². The Hall–Kier alpha value is -3.17. The van der Waals surface area contributed by atoms with Crippen molar-refractivity contribution in [3.8, 4) is 28.1 Å². The second-order valence-electron chi connectivity index (χ2n) is 7.20. The Morgan fingerprint density at radius 3 is 2.82 bits per heavy atom. The number of H-pyrrole nitrogens is 2. The number of hydrogen-bond donors (Lipinski definition) is 2. The van der Waals surface area contributed by atoms with Crippen molar-refractivity contribution in [3.63, 3.8) is 0 Å². The van der Waals surface area contributed by atoms with E-state index in [2.05, 4.69) is 71.6 Å². The summed E-state index contributed by atoms with van der Waals surface area (Å²) in [6.45, 7) is 2.52. The van der Waals surface area contributed by atoms with Crippen LogP contribution in [0, 0.1) is 6.92 Å². The number of aryl methyl sites for hydroxylation is 1. The largest absolute Gasteiger partial charge is 0.488 e. The zero-order chi connectivity index (χ0) is 18.8. The first kappa shape index (κ1) is 15.8. The van der Waals surface area contributed by atoms with E-state index >= 15 is 0 Å². The molecule has 6 rings (SSSR count). The van der Waals surface area contributed by atoms with E-state index in [1.54, 1.807) is 0 Å². The fraction of sp³-hybridized carbons (Fsp3) is 0.0909. The van der Waals surface area contributed by atoms with E-state index in [1.807, 2.05) is 13.1 Å². The highest BCUT2D eigenvalue weighted by Crippen LogP contribution is 2.42. The number of benzene rings is 3. The molecule has 1 aliphatic rings. The number of nitrogens with zero attached hydrogens (tertiary/aromatic N) is 2. The van der Waals surface area contributed by atoms with Gasteiger partial charge in [0, 0.05) is 10.9 Å². The fourth-order valence-corrected chi connectivity index (χ4v) is 4.33. The monoisotopic (exact) mass is 384 g/mol. The number of aromatic amines is 2. The predicted octanol–water partition coefficient (Wildman–Crippen LogP) is 4.47. The summed E-state index contributed by atoms with van der Waals surface area (Å²) in [5, 5.41) is 2.27. The van der Waals surface area contributed by atoms with E-state index < -0.39 is 0 Å². The van der Waals surface area contributed by atoms with Crippen molar-refractivity contribution in [2.75, 3.05) is 0 Å². The number of aromatic nitrogens is 4. The van der Waals surface area contributed by atoms with Crippen LogP contribution in [-0.2, 0) is 6.61 Å². The van der Waals surface area contributed by atoms with Crippen molar-refractivity contribution >= 4 is 36.6 Å². The summed E-state index contributed by atoms with van der Waals surface area (Å²) in [6, 6.07) is 15.1. The molecule has 0 amide bonds. The van der Waals surface area contributed by atoms with Crippen LogP contribution in [0.4, 0.5) is 0 Å². The summed E-state index contributed by atoms with van der Waals surface area (Å²) in [5.74, 6) is 1.82. The summed E-state index contributed by atoms with van der Waals surface area (Å²) in [6.07, 6.45) is 1.87. The lowest BCUT2D eigenvalue weighted by atomic mass is 9.92. The summed E-state index contributed by atoms with van der Waals surface area (Å²) >= 11 is 0. The summed E-state index contributed by atoms with van der Waals surface area (Å²) < 4.78 is 6.14. The van der Waals surface area contributed by atoms with Gasteiger partial charge in [0.1, 0.15) is 23.7 Å². The van der Waals surface area contributed by atoms with E-state index in [9.17, 15) is 0 Å². The first-order valence-electron chi connectivity index (χ1n) is 9.16. The molecule has 1 aliphatic heterocycles. The minimum absolute atomic E-state index is 0.556. The van der Waals surface area contributed by atoms with Gasteiger partial charge in [0.15, 0.2) is 0 Å². The average Bonchev–Trinajstić information content (AvgIpc) is 3.31. The zero-order valence-corrected chi connectivity index (χ0v) is 16.4. The third-order valence-corrected chi connectivity index (χ3v) is 5.65. The maximum absolute atomic E-state index is 6.14. The van der Waals surface area contributed by atoms with Crippen molar-refractivity contribution in [1.29, 1.82) is 0 Å². The molecule has 5 aromatic rings. The van der Waals surface area contributed by atoms with Crippen LogP contribution in [0.25, 0.3) is 44.2 Å². The smallest absolute Gasteiger partial charge is 0.128 e. The molecule has 5 nitrogen and oxygen atoms in total. The highest BCUT2D eigenvalue weighted by atomic mass is 31.0. The van der Waals surface area contributed by atoms with Crippen molar-refractivity contribution in [3.05, 3.63) is 60.0 Å². The molecule has 136 valence electrons. The maximum Gasteiger partial charge on any atom is 0.128 e. The fourth-order valence-electron chi connectivity index (χ4n) is 4.04. The van der Waals surface area contributed by atoms with Gasteiger partial charge in [-0.3, -0.25) is 0 Å². The van der Waals surface area contributed by atoms with Crippen molar-refractivity contribution in [2.45, 2.75) is 13.5 Å². The topological polar surface area (TPSA) is 66.6 Å². The van der Waals surface area contributed by atoms with Crippen LogP contribution < -0.4 is 10.3 Å². The molecule has 0 aliphatic carbocycles. The first-order valence-corrected chi connectivity index (χ1v) is 9.73. The first-order chi connectivity index (χ1) is 13.7. The Balaban J connectivity index is 1.53. The third-order valence-electron chi connectivity index (χ3n) is 5.38. The molecule has 3 heterocycles. The van der Waals surface area contributed by atoms with E-state index in [1.165, 1.54) is 11.1 Å². The summed E-state index contributed by atoms with van der Waals surface area (Å²) in [4.78, 5) is 15.5. The Labute approximate surface area is 163 Å². The second kappa shape index (κ2) is 5.66. The molecule has 28 heavy (non-hydrogen) atoms. The zero-order valence-electron chi connectivity index (χ0n) is 15.2. The molecule has 1 unspecified atom stereocenters. The van der Waals surface area contributed by atoms with Gasteiger partial charge in [0.25, 0.3) is 0 Å². The quantitative estimate of drug-likeness (QED) is 0.419. The minimum atomic E-state index is 0.556. The van der Waals surface area contributed by atoms with Crippen LogP contribution in [0.5, 0.6) is 5.75 Å². The third kappa shape index (κ3) is 2.30. The Kier molecular flexibility index (Phi) is 3.21. The van der Waals surface area contributed by atoms with E-state index in [0.29, 0.717) is 6.61 Å². The Bertz CT molecular complexity index is 1400. The molecule has 1 atom stereocenters. The van der Waals surface area contributed by atoms with Gasteiger partial charge in [0.2, 0.25) is 0 Å². The molecule has 3 aromatic carbocycles. The van der Waals surface area contributed by atoms with Gasteiger partial charge < -0.3 is 14.7 Å². The van der Waals surface area contributed by atoms with Gasteiger partial charge in [-0.1, -0.05) is 27.4 Å². The van der Waals surface area contributed by atoms with Gasteiger partial charge in [0.05, 0.1) is 22.9 Å². The van der Waals surface area contributed by atoms with Gasteiger partial charge in [-0.15, -0.1) is 0 Å². The van der Waals surface area contributed by atoms with Crippen LogP contribution in [0.3, 0.4) is 0 Å². The molecule has 0 fully saturated rings. The van der Waals surface area contributed by atoms with E-state index in [-0.39, 0.29) is 0 Å². The molecule has 0 bridgehead atoms. The van der Waals surface area contributed by atoms with Crippen molar-refractivity contribution in [1.82, 2.24) is 19.9 Å². The predicted molar refractivity (Wildman–Crippen MR) is 115 cm³/mol. The van der Waals surface area contributed by atoms with Crippen molar-refractivity contribution in [2.24, 2.45) is 0 Å². The van der Waals surface area contributed by atoms with Gasteiger partial charge in [-0.05, 0) is 53.3 Å². The van der Waals surface area contributed by atoms with E-state index in [0.717, 1.165) is 55.8 Å².